The summed E-state index contributed by atoms with van der Waals surface area (Å²) in [5.41, 5.74) is 1.12. The molecule has 2 N–H and O–H groups in total. The molecule has 0 bridgehead atoms. The molecular weight excluding hydrogens is 370 g/mol. The highest BCUT2D eigenvalue weighted by molar-refractivity contribution is 6.32. The van der Waals surface area contributed by atoms with Gasteiger partial charge in [-0.15, -0.1) is 0 Å². The number of hydrogen-bond donors (Lipinski definition) is 2. The van der Waals surface area contributed by atoms with Gasteiger partial charge in [0.15, 0.2) is 0 Å². The van der Waals surface area contributed by atoms with Gasteiger partial charge in [0.05, 0.1) is 33.8 Å². The first-order chi connectivity index (χ1) is 12.6. The molecule has 0 aliphatic heterocycles. The number of carbonyl (C=O) groups excluding carboxylic acids is 1. The van der Waals surface area contributed by atoms with Crippen molar-refractivity contribution in [3.63, 3.8) is 0 Å². The number of nitrogens with zero attached hydrogens (tertiary/aromatic N) is 2. The Kier molecular flexibility index (Phi) is 6.62. The molecule has 2 rings (SSSR count). The van der Waals surface area contributed by atoms with Crippen LogP contribution < -0.4 is 5.32 Å². The van der Waals surface area contributed by atoms with Crippen molar-refractivity contribution >= 4 is 23.5 Å². The number of halogens is 1. The second kappa shape index (κ2) is 8.54. The minimum absolute atomic E-state index is 0.163. The zero-order chi connectivity index (χ0) is 20.2. The highest BCUT2D eigenvalue weighted by Crippen LogP contribution is 2.22. The van der Waals surface area contributed by atoms with E-state index in [0.717, 1.165) is 0 Å². The maximum atomic E-state index is 12.6. The lowest BCUT2D eigenvalue weighted by Gasteiger charge is -2.21. The summed E-state index contributed by atoms with van der Waals surface area (Å²) in [7, 11) is 0. The van der Waals surface area contributed by atoms with Crippen LogP contribution in [0.25, 0.3) is 5.69 Å². The van der Waals surface area contributed by atoms with Gasteiger partial charge in [-0.25, -0.2) is 9.48 Å². The van der Waals surface area contributed by atoms with E-state index in [9.17, 15) is 14.7 Å². The van der Waals surface area contributed by atoms with Crippen molar-refractivity contribution in [1.82, 2.24) is 15.1 Å². The summed E-state index contributed by atoms with van der Waals surface area (Å²) in [6, 6.07) is 6.08. The molecule has 7 nitrogen and oxygen atoms in total. The molecule has 8 heteroatoms. The zero-order valence-electron chi connectivity index (χ0n) is 15.8. The monoisotopic (exact) mass is 393 g/mol. The Bertz CT molecular complexity index is 827. The standard InChI is InChI=1S/C19H24ClN3O4/c1-12-13(11-21-23(12)16-8-6-5-7-14(16)20)17(24)22-15(18(25)26)9-10-27-19(2,3)4/h5-8,11,15H,9-10H2,1-4H3,(H,22,24)(H,25,26). The predicted molar refractivity (Wildman–Crippen MR) is 103 cm³/mol. The molecule has 1 heterocycles. The molecule has 2 aromatic rings. The van der Waals surface area contributed by atoms with Crippen LogP contribution in [0, 0.1) is 6.92 Å². The summed E-state index contributed by atoms with van der Waals surface area (Å²) >= 11 is 6.19. The van der Waals surface area contributed by atoms with Gasteiger partial charge >= 0.3 is 5.97 Å². The van der Waals surface area contributed by atoms with Crippen molar-refractivity contribution in [3.05, 3.63) is 46.7 Å². The van der Waals surface area contributed by atoms with Crippen molar-refractivity contribution in [1.29, 1.82) is 0 Å². The number of nitrogens with one attached hydrogen (secondary N) is 1. The number of benzene rings is 1. The van der Waals surface area contributed by atoms with E-state index in [2.05, 4.69) is 10.4 Å². The fourth-order valence-electron chi connectivity index (χ4n) is 2.48. The van der Waals surface area contributed by atoms with Crippen molar-refractivity contribution in [3.8, 4) is 5.69 Å². The van der Waals surface area contributed by atoms with Gasteiger partial charge in [0.1, 0.15) is 6.04 Å². The van der Waals surface area contributed by atoms with Crippen LogP contribution in [0.1, 0.15) is 43.2 Å². The SMILES string of the molecule is Cc1c(C(=O)NC(CCOC(C)(C)C)C(=O)O)cnn1-c1ccccc1Cl. The molecule has 0 aliphatic carbocycles. The summed E-state index contributed by atoms with van der Waals surface area (Å²) in [5.74, 6) is -1.62. The third-order valence-electron chi connectivity index (χ3n) is 3.88. The van der Waals surface area contributed by atoms with Crippen molar-refractivity contribution in [2.45, 2.75) is 45.8 Å². The predicted octanol–water partition coefficient (Wildman–Crippen LogP) is 3.22. The lowest BCUT2D eigenvalue weighted by molar-refractivity contribution is -0.140. The Morgan fingerprint density at radius 3 is 2.59 bits per heavy atom. The first kappa shape index (κ1) is 20.9. The van der Waals surface area contributed by atoms with Crippen LogP contribution in [0.4, 0.5) is 0 Å². The Balaban J connectivity index is 2.13. The number of aromatic nitrogens is 2. The minimum atomic E-state index is -1.11. The molecule has 0 fully saturated rings. The van der Waals surface area contributed by atoms with Gasteiger partial charge in [0, 0.05) is 13.0 Å². The number of aliphatic carboxylic acids is 1. The van der Waals surface area contributed by atoms with Gasteiger partial charge in [0.25, 0.3) is 5.91 Å². The number of carboxylic acid groups (broad SMARTS) is 1. The second-order valence-corrected chi connectivity index (χ2v) is 7.53. The second-order valence-electron chi connectivity index (χ2n) is 7.12. The Hall–Kier alpha value is -2.38. The smallest absolute Gasteiger partial charge is 0.326 e. The number of carboxylic acids is 1. The van der Waals surface area contributed by atoms with Crippen LogP contribution in [-0.4, -0.2) is 45.0 Å². The fraction of sp³-hybridized carbons (Fsp3) is 0.421. The van der Waals surface area contributed by atoms with Crippen LogP contribution in [0.2, 0.25) is 5.02 Å². The molecule has 0 radical (unpaired) electrons. The third-order valence-corrected chi connectivity index (χ3v) is 4.20. The average molecular weight is 394 g/mol. The fourth-order valence-corrected chi connectivity index (χ4v) is 2.69. The Morgan fingerprint density at radius 1 is 1.33 bits per heavy atom. The van der Waals surface area contributed by atoms with Crippen LogP contribution in [0.15, 0.2) is 30.5 Å². The molecule has 1 aromatic heterocycles. The zero-order valence-corrected chi connectivity index (χ0v) is 16.6. The molecule has 27 heavy (non-hydrogen) atoms. The molecule has 1 aromatic carbocycles. The molecular formula is C19H24ClN3O4. The highest BCUT2D eigenvalue weighted by Gasteiger charge is 2.24. The van der Waals surface area contributed by atoms with E-state index in [0.29, 0.717) is 16.4 Å². The largest absolute Gasteiger partial charge is 0.480 e. The summed E-state index contributed by atoms with van der Waals surface area (Å²) in [4.78, 5) is 24.0. The van der Waals surface area contributed by atoms with Crippen LogP contribution in [-0.2, 0) is 9.53 Å². The van der Waals surface area contributed by atoms with E-state index < -0.39 is 17.9 Å². The number of para-hydroxylation sites is 1. The maximum Gasteiger partial charge on any atom is 0.326 e. The summed E-state index contributed by atoms with van der Waals surface area (Å²) in [6.07, 6.45) is 1.56. The minimum Gasteiger partial charge on any atom is -0.480 e. The van der Waals surface area contributed by atoms with E-state index in [4.69, 9.17) is 16.3 Å². The molecule has 1 unspecified atom stereocenters. The van der Waals surface area contributed by atoms with Gasteiger partial charge in [-0.3, -0.25) is 4.79 Å². The maximum absolute atomic E-state index is 12.6. The first-order valence-corrected chi connectivity index (χ1v) is 8.95. The van der Waals surface area contributed by atoms with Gasteiger partial charge in [-0.05, 0) is 39.8 Å². The van der Waals surface area contributed by atoms with Crippen molar-refractivity contribution < 1.29 is 19.4 Å². The molecule has 1 amide bonds. The van der Waals surface area contributed by atoms with Crippen LogP contribution in [0.5, 0.6) is 0 Å². The molecule has 146 valence electrons. The number of rotatable bonds is 7. The molecule has 0 saturated heterocycles. The van der Waals surface area contributed by atoms with Gasteiger partial charge in [-0.1, -0.05) is 23.7 Å². The van der Waals surface area contributed by atoms with E-state index in [1.165, 1.54) is 6.20 Å². The lowest BCUT2D eigenvalue weighted by atomic mass is 10.1. The average Bonchev–Trinajstić information content (AvgIpc) is 2.94. The Morgan fingerprint density at radius 2 is 2.00 bits per heavy atom. The quantitative estimate of drug-likeness (QED) is 0.753. The molecule has 0 spiro atoms. The number of ether oxygens (including phenoxy) is 1. The molecule has 0 aliphatic rings. The third kappa shape index (κ3) is 5.55. The van der Waals surface area contributed by atoms with E-state index in [1.807, 2.05) is 26.8 Å². The molecule has 0 saturated carbocycles. The summed E-state index contributed by atoms with van der Waals surface area (Å²) in [6.45, 7) is 7.60. The lowest BCUT2D eigenvalue weighted by Crippen LogP contribution is -2.42. The Labute approximate surface area is 163 Å². The first-order valence-electron chi connectivity index (χ1n) is 8.57. The van der Waals surface area contributed by atoms with E-state index >= 15 is 0 Å². The highest BCUT2D eigenvalue weighted by atomic mass is 35.5. The van der Waals surface area contributed by atoms with Crippen molar-refractivity contribution in [2.75, 3.05) is 6.61 Å². The normalized spacial score (nSPS) is 12.6. The van der Waals surface area contributed by atoms with Gasteiger partial charge in [0.2, 0.25) is 0 Å². The topological polar surface area (TPSA) is 93.4 Å². The molecule has 1 atom stereocenters. The van der Waals surface area contributed by atoms with Gasteiger partial charge in [-0.2, -0.15) is 5.10 Å². The van der Waals surface area contributed by atoms with Crippen LogP contribution >= 0.6 is 11.6 Å². The van der Waals surface area contributed by atoms with Crippen molar-refractivity contribution in [2.24, 2.45) is 0 Å². The van der Waals surface area contributed by atoms with E-state index in [-0.39, 0.29) is 24.2 Å². The number of amides is 1. The van der Waals surface area contributed by atoms with Gasteiger partial charge < -0.3 is 15.2 Å². The number of hydrogen-bond acceptors (Lipinski definition) is 4. The van der Waals surface area contributed by atoms with E-state index in [1.54, 1.807) is 29.8 Å². The van der Waals surface area contributed by atoms with Crippen LogP contribution in [0.3, 0.4) is 0 Å². The summed E-state index contributed by atoms with van der Waals surface area (Å²) < 4.78 is 7.10. The summed E-state index contributed by atoms with van der Waals surface area (Å²) in [5, 5.41) is 16.6. The number of carbonyl (C=O) groups is 2.